The van der Waals surface area contributed by atoms with E-state index in [9.17, 15) is 14.7 Å². The number of hydrogen-bond donors (Lipinski definition) is 1. The molecule has 1 aromatic carbocycles. The van der Waals surface area contributed by atoms with E-state index in [1.807, 2.05) is 0 Å². The summed E-state index contributed by atoms with van der Waals surface area (Å²) in [4.78, 5) is 25.4. The van der Waals surface area contributed by atoms with Gasteiger partial charge < -0.3 is 10.0 Å². The van der Waals surface area contributed by atoms with Crippen molar-refractivity contribution < 1.29 is 14.7 Å². The molecule has 0 bridgehead atoms. The van der Waals surface area contributed by atoms with Gasteiger partial charge in [0.25, 0.3) is 5.91 Å². The van der Waals surface area contributed by atoms with E-state index in [0.717, 1.165) is 0 Å². The predicted octanol–water partition coefficient (Wildman–Crippen LogP) is 3.32. The van der Waals surface area contributed by atoms with Crippen molar-refractivity contribution in [2.75, 3.05) is 13.1 Å². The first-order chi connectivity index (χ1) is 9.35. The fourth-order valence-electron chi connectivity index (χ4n) is 2.45. The summed E-state index contributed by atoms with van der Waals surface area (Å²) in [5, 5.41) is 9.85. The molecule has 1 amide bonds. The molecule has 1 aromatic rings. The number of nitrogens with zero attached hydrogens (tertiary/aromatic N) is 1. The maximum atomic E-state index is 12.5. The van der Waals surface area contributed by atoms with E-state index < -0.39 is 11.4 Å². The van der Waals surface area contributed by atoms with Crippen LogP contribution in [0.1, 0.15) is 30.1 Å². The maximum Gasteiger partial charge on any atom is 0.311 e. The average molecular weight is 316 g/mol. The number of halogens is 2. The van der Waals surface area contributed by atoms with Gasteiger partial charge >= 0.3 is 5.97 Å². The Morgan fingerprint density at radius 3 is 2.45 bits per heavy atom. The highest BCUT2D eigenvalue weighted by Crippen LogP contribution is 2.32. The van der Waals surface area contributed by atoms with E-state index >= 15 is 0 Å². The summed E-state index contributed by atoms with van der Waals surface area (Å²) in [5.41, 5.74) is -0.674. The Labute approximate surface area is 127 Å². The van der Waals surface area contributed by atoms with Gasteiger partial charge in [-0.05, 0) is 31.9 Å². The second-order valence-electron chi connectivity index (χ2n) is 5.29. The Kier molecular flexibility index (Phi) is 4.25. The van der Waals surface area contributed by atoms with Crippen molar-refractivity contribution in [2.24, 2.45) is 5.41 Å². The lowest BCUT2D eigenvalue weighted by atomic mass is 9.82. The number of likely N-dealkylation sites (tertiary alicyclic amines) is 1. The first-order valence-corrected chi connectivity index (χ1v) is 7.07. The van der Waals surface area contributed by atoms with Crippen LogP contribution in [0, 0.1) is 5.41 Å². The second-order valence-corrected chi connectivity index (χ2v) is 6.11. The minimum Gasteiger partial charge on any atom is -0.481 e. The van der Waals surface area contributed by atoms with Crippen LogP contribution in [0.3, 0.4) is 0 Å². The van der Waals surface area contributed by atoms with Crippen LogP contribution >= 0.6 is 23.2 Å². The van der Waals surface area contributed by atoms with Gasteiger partial charge in [-0.2, -0.15) is 0 Å². The van der Waals surface area contributed by atoms with Crippen LogP contribution in [-0.2, 0) is 4.79 Å². The zero-order valence-corrected chi connectivity index (χ0v) is 12.5. The lowest BCUT2D eigenvalue weighted by Crippen LogP contribution is -2.48. The molecule has 108 valence electrons. The van der Waals surface area contributed by atoms with Crippen LogP contribution in [0.5, 0.6) is 0 Å². The van der Waals surface area contributed by atoms with Gasteiger partial charge in [-0.25, -0.2) is 0 Å². The van der Waals surface area contributed by atoms with Crippen molar-refractivity contribution >= 4 is 35.1 Å². The topological polar surface area (TPSA) is 57.6 Å². The monoisotopic (exact) mass is 315 g/mol. The molecule has 0 spiro atoms. The summed E-state index contributed by atoms with van der Waals surface area (Å²) in [6, 6.07) is 4.86. The first-order valence-electron chi connectivity index (χ1n) is 6.32. The number of amides is 1. The Morgan fingerprint density at radius 1 is 1.30 bits per heavy atom. The van der Waals surface area contributed by atoms with Gasteiger partial charge in [0, 0.05) is 13.1 Å². The molecule has 1 unspecified atom stereocenters. The Bertz CT molecular complexity index is 541. The number of carbonyl (C=O) groups is 2. The number of rotatable bonds is 2. The summed E-state index contributed by atoms with van der Waals surface area (Å²) >= 11 is 12.1. The quantitative estimate of drug-likeness (QED) is 0.910. The summed E-state index contributed by atoms with van der Waals surface area (Å²) in [5.74, 6) is -1.20. The highest BCUT2D eigenvalue weighted by atomic mass is 35.5. The predicted molar refractivity (Wildman–Crippen MR) is 77.3 cm³/mol. The fourth-order valence-corrected chi connectivity index (χ4v) is 3.01. The zero-order valence-electron chi connectivity index (χ0n) is 11.0. The second kappa shape index (κ2) is 5.62. The number of carboxylic acid groups (broad SMARTS) is 1. The number of hydrogen-bond acceptors (Lipinski definition) is 2. The fraction of sp³-hybridized carbons (Fsp3) is 0.429. The van der Waals surface area contributed by atoms with Gasteiger partial charge in [0.1, 0.15) is 0 Å². The third-order valence-electron chi connectivity index (χ3n) is 3.68. The number of piperidine rings is 1. The van der Waals surface area contributed by atoms with Gasteiger partial charge in [-0.1, -0.05) is 29.3 Å². The molecule has 2 rings (SSSR count). The zero-order chi connectivity index (χ0) is 14.9. The van der Waals surface area contributed by atoms with Crippen molar-refractivity contribution in [3.05, 3.63) is 33.8 Å². The lowest BCUT2D eigenvalue weighted by molar-refractivity contribution is -0.150. The molecule has 1 fully saturated rings. The van der Waals surface area contributed by atoms with Gasteiger partial charge in [0.15, 0.2) is 0 Å². The number of carboxylic acids is 1. The van der Waals surface area contributed by atoms with Gasteiger partial charge in [-0.15, -0.1) is 0 Å². The van der Waals surface area contributed by atoms with E-state index in [2.05, 4.69) is 0 Å². The summed E-state index contributed by atoms with van der Waals surface area (Å²) in [7, 11) is 0. The van der Waals surface area contributed by atoms with E-state index in [1.54, 1.807) is 25.1 Å². The highest BCUT2D eigenvalue weighted by Gasteiger charge is 2.40. The van der Waals surface area contributed by atoms with Gasteiger partial charge in [0.2, 0.25) is 0 Å². The van der Waals surface area contributed by atoms with Crippen molar-refractivity contribution in [1.82, 2.24) is 4.90 Å². The standard InChI is InChI=1S/C14H15Cl2NO3/c1-14(13(19)20)6-3-7-17(8-14)12(18)11-9(15)4-2-5-10(11)16/h2,4-5H,3,6-8H2,1H3,(H,19,20). The van der Waals surface area contributed by atoms with Crippen molar-refractivity contribution in [3.63, 3.8) is 0 Å². The minimum atomic E-state index is -0.915. The molecular formula is C14H15Cl2NO3. The van der Waals surface area contributed by atoms with Crippen LogP contribution in [0.25, 0.3) is 0 Å². The van der Waals surface area contributed by atoms with Crippen LogP contribution in [0.15, 0.2) is 18.2 Å². The van der Waals surface area contributed by atoms with E-state index in [4.69, 9.17) is 23.2 Å². The van der Waals surface area contributed by atoms with Crippen molar-refractivity contribution in [1.29, 1.82) is 0 Å². The lowest BCUT2D eigenvalue weighted by Gasteiger charge is -2.37. The molecule has 0 aromatic heterocycles. The normalized spacial score (nSPS) is 22.6. The van der Waals surface area contributed by atoms with Crippen molar-refractivity contribution in [2.45, 2.75) is 19.8 Å². The third kappa shape index (κ3) is 2.76. The van der Waals surface area contributed by atoms with E-state index in [-0.39, 0.29) is 28.1 Å². The summed E-state index contributed by atoms with van der Waals surface area (Å²) in [6.45, 7) is 2.34. The molecule has 1 aliphatic heterocycles. The van der Waals surface area contributed by atoms with Crippen LogP contribution in [0.2, 0.25) is 10.0 Å². The smallest absolute Gasteiger partial charge is 0.311 e. The molecule has 0 radical (unpaired) electrons. The molecule has 1 saturated heterocycles. The number of aliphatic carboxylic acids is 1. The Hall–Kier alpha value is -1.26. The van der Waals surface area contributed by atoms with Crippen LogP contribution in [0.4, 0.5) is 0 Å². The molecule has 6 heteroatoms. The highest BCUT2D eigenvalue weighted by molar-refractivity contribution is 6.39. The average Bonchev–Trinajstić information content (AvgIpc) is 2.38. The molecule has 1 aliphatic rings. The molecule has 4 nitrogen and oxygen atoms in total. The Balaban J connectivity index is 2.28. The molecule has 0 aliphatic carbocycles. The minimum absolute atomic E-state index is 0.169. The molecule has 20 heavy (non-hydrogen) atoms. The third-order valence-corrected chi connectivity index (χ3v) is 4.31. The van der Waals surface area contributed by atoms with Crippen LogP contribution < -0.4 is 0 Å². The molecule has 1 heterocycles. The molecule has 1 atom stereocenters. The molecular weight excluding hydrogens is 301 g/mol. The maximum absolute atomic E-state index is 12.5. The largest absolute Gasteiger partial charge is 0.481 e. The summed E-state index contributed by atoms with van der Waals surface area (Å²) in [6.07, 6.45) is 1.21. The molecule has 0 saturated carbocycles. The van der Waals surface area contributed by atoms with Gasteiger partial charge in [0.05, 0.1) is 21.0 Å². The first kappa shape index (κ1) is 15.1. The Morgan fingerprint density at radius 2 is 1.90 bits per heavy atom. The van der Waals surface area contributed by atoms with E-state index in [0.29, 0.717) is 19.4 Å². The van der Waals surface area contributed by atoms with Gasteiger partial charge in [-0.3, -0.25) is 9.59 Å². The van der Waals surface area contributed by atoms with Crippen molar-refractivity contribution in [3.8, 4) is 0 Å². The number of benzene rings is 1. The SMILES string of the molecule is CC1(C(=O)O)CCCN(C(=O)c2c(Cl)cccc2Cl)C1. The molecule has 1 N–H and O–H groups in total. The van der Waals surface area contributed by atoms with Crippen LogP contribution in [-0.4, -0.2) is 35.0 Å². The summed E-state index contributed by atoms with van der Waals surface area (Å²) < 4.78 is 0. The number of carbonyl (C=O) groups excluding carboxylic acids is 1. The van der Waals surface area contributed by atoms with E-state index in [1.165, 1.54) is 4.90 Å².